The number of esters is 1. The lowest BCUT2D eigenvalue weighted by Gasteiger charge is -2.10. The van der Waals surface area contributed by atoms with Crippen LogP contribution in [0.2, 0.25) is 0 Å². The Labute approximate surface area is 186 Å². The highest BCUT2D eigenvalue weighted by Gasteiger charge is 2.31. The molecule has 0 saturated heterocycles. The third-order valence-electron chi connectivity index (χ3n) is 5.16. The Kier molecular flexibility index (Phi) is 5.69. The van der Waals surface area contributed by atoms with Crippen LogP contribution in [0, 0.1) is 13.8 Å². The Morgan fingerprint density at radius 1 is 0.969 bits per heavy atom. The second-order valence-electron chi connectivity index (χ2n) is 7.39. The van der Waals surface area contributed by atoms with Gasteiger partial charge in [-0.3, -0.25) is 4.79 Å². The summed E-state index contributed by atoms with van der Waals surface area (Å²) in [6.45, 7) is 3.72. The first kappa shape index (κ1) is 21.2. The van der Waals surface area contributed by atoms with Crippen LogP contribution in [-0.2, 0) is 0 Å². The van der Waals surface area contributed by atoms with Gasteiger partial charge in [-0.1, -0.05) is 29.8 Å². The van der Waals surface area contributed by atoms with Crippen molar-refractivity contribution in [2.24, 2.45) is 0 Å². The SMILES string of the molecule is COc1cccc(/C=C2\Oc3cc(OC(=O)c4ccc(C)cc4)cc(C)c3C2=O)c1OC. The first-order chi connectivity index (χ1) is 15.4. The number of fused-ring (bicyclic) bond motifs is 1. The summed E-state index contributed by atoms with van der Waals surface area (Å²) in [4.78, 5) is 25.5. The largest absolute Gasteiger partial charge is 0.493 e. The van der Waals surface area contributed by atoms with Crippen LogP contribution in [0.1, 0.15) is 37.4 Å². The number of ketones is 1. The van der Waals surface area contributed by atoms with Crippen molar-refractivity contribution < 1.29 is 28.5 Å². The molecule has 0 unspecified atom stereocenters. The molecule has 0 atom stereocenters. The van der Waals surface area contributed by atoms with Gasteiger partial charge in [-0.25, -0.2) is 4.79 Å². The average molecular weight is 430 g/mol. The summed E-state index contributed by atoms with van der Waals surface area (Å²) in [6.07, 6.45) is 1.61. The molecule has 0 aliphatic carbocycles. The van der Waals surface area contributed by atoms with Crippen molar-refractivity contribution in [2.45, 2.75) is 13.8 Å². The molecule has 0 aromatic heterocycles. The van der Waals surface area contributed by atoms with Gasteiger partial charge in [0, 0.05) is 11.6 Å². The van der Waals surface area contributed by atoms with Gasteiger partial charge < -0.3 is 18.9 Å². The van der Waals surface area contributed by atoms with E-state index in [-0.39, 0.29) is 11.5 Å². The molecule has 6 nitrogen and oxygen atoms in total. The third-order valence-corrected chi connectivity index (χ3v) is 5.16. The zero-order valence-electron chi connectivity index (χ0n) is 18.2. The van der Waals surface area contributed by atoms with Crippen LogP contribution >= 0.6 is 0 Å². The van der Waals surface area contributed by atoms with Gasteiger partial charge in [0.25, 0.3) is 0 Å². The summed E-state index contributed by atoms with van der Waals surface area (Å²) in [5, 5.41) is 0. The zero-order chi connectivity index (χ0) is 22.8. The monoisotopic (exact) mass is 430 g/mol. The summed E-state index contributed by atoms with van der Waals surface area (Å²) in [5.41, 5.74) is 3.23. The number of para-hydroxylation sites is 1. The van der Waals surface area contributed by atoms with Crippen molar-refractivity contribution in [1.29, 1.82) is 0 Å². The summed E-state index contributed by atoms with van der Waals surface area (Å²) in [7, 11) is 3.08. The summed E-state index contributed by atoms with van der Waals surface area (Å²) in [6, 6.07) is 15.7. The van der Waals surface area contributed by atoms with E-state index < -0.39 is 5.97 Å². The second kappa shape index (κ2) is 8.59. The fourth-order valence-corrected chi connectivity index (χ4v) is 3.56. The summed E-state index contributed by atoms with van der Waals surface area (Å²) >= 11 is 0. The highest BCUT2D eigenvalue weighted by Crippen LogP contribution is 2.39. The molecule has 0 amide bonds. The van der Waals surface area contributed by atoms with Gasteiger partial charge in [-0.2, -0.15) is 0 Å². The normalized spacial score (nSPS) is 13.5. The summed E-state index contributed by atoms with van der Waals surface area (Å²) in [5.74, 6) is 1.11. The van der Waals surface area contributed by atoms with Gasteiger partial charge in [-0.05, 0) is 49.8 Å². The molecule has 0 saturated carbocycles. The number of carbonyl (C=O) groups is 2. The molecule has 0 spiro atoms. The topological polar surface area (TPSA) is 71.1 Å². The number of carbonyl (C=O) groups excluding carboxylic acids is 2. The number of rotatable bonds is 5. The van der Waals surface area contributed by atoms with Gasteiger partial charge >= 0.3 is 5.97 Å². The minimum absolute atomic E-state index is 0.150. The van der Waals surface area contributed by atoms with E-state index in [1.807, 2.05) is 19.1 Å². The molecule has 32 heavy (non-hydrogen) atoms. The van der Waals surface area contributed by atoms with Gasteiger partial charge in [0.1, 0.15) is 11.5 Å². The molecule has 1 heterocycles. The van der Waals surface area contributed by atoms with E-state index in [1.54, 1.807) is 62.6 Å². The van der Waals surface area contributed by atoms with Crippen molar-refractivity contribution in [1.82, 2.24) is 0 Å². The molecule has 6 heteroatoms. The molecular formula is C26H22O6. The molecular weight excluding hydrogens is 408 g/mol. The highest BCUT2D eigenvalue weighted by molar-refractivity contribution is 6.15. The molecule has 1 aliphatic heterocycles. The number of Topliss-reactive ketones (excluding diaryl/α,β-unsaturated/α-hetero) is 1. The van der Waals surface area contributed by atoms with Crippen LogP contribution in [0.4, 0.5) is 0 Å². The van der Waals surface area contributed by atoms with E-state index in [1.165, 1.54) is 7.11 Å². The van der Waals surface area contributed by atoms with Crippen LogP contribution in [0.5, 0.6) is 23.0 Å². The molecule has 162 valence electrons. The van der Waals surface area contributed by atoms with Gasteiger partial charge in [-0.15, -0.1) is 0 Å². The minimum atomic E-state index is -0.481. The lowest BCUT2D eigenvalue weighted by Crippen LogP contribution is -2.08. The smallest absolute Gasteiger partial charge is 0.343 e. The van der Waals surface area contributed by atoms with E-state index in [4.69, 9.17) is 18.9 Å². The quantitative estimate of drug-likeness (QED) is 0.316. The maximum Gasteiger partial charge on any atom is 0.343 e. The van der Waals surface area contributed by atoms with Crippen molar-refractivity contribution in [3.8, 4) is 23.0 Å². The Hall–Kier alpha value is -4.06. The number of ether oxygens (including phenoxy) is 4. The van der Waals surface area contributed by atoms with Crippen LogP contribution in [0.15, 0.2) is 60.4 Å². The Bertz CT molecular complexity index is 1240. The Morgan fingerprint density at radius 2 is 1.72 bits per heavy atom. The van der Waals surface area contributed by atoms with Crippen LogP contribution < -0.4 is 18.9 Å². The van der Waals surface area contributed by atoms with E-state index in [2.05, 4.69) is 0 Å². The van der Waals surface area contributed by atoms with E-state index in [9.17, 15) is 9.59 Å². The number of hydrogen-bond donors (Lipinski definition) is 0. The Morgan fingerprint density at radius 3 is 2.41 bits per heavy atom. The zero-order valence-corrected chi connectivity index (χ0v) is 18.2. The molecule has 0 bridgehead atoms. The van der Waals surface area contributed by atoms with Gasteiger partial charge in [0.15, 0.2) is 17.3 Å². The van der Waals surface area contributed by atoms with Crippen LogP contribution in [-0.4, -0.2) is 26.0 Å². The van der Waals surface area contributed by atoms with Gasteiger partial charge in [0.2, 0.25) is 5.78 Å². The van der Waals surface area contributed by atoms with Crippen LogP contribution in [0.25, 0.3) is 6.08 Å². The van der Waals surface area contributed by atoms with E-state index in [0.29, 0.717) is 45.3 Å². The van der Waals surface area contributed by atoms with E-state index in [0.717, 1.165) is 5.56 Å². The van der Waals surface area contributed by atoms with Crippen molar-refractivity contribution >= 4 is 17.8 Å². The highest BCUT2D eigenvalue weighted by atomic mass is 16.5. The maximum atomic E-state index is 13.0. The number of benzene rings is 3. The lowest BCUT2D eigenvalue weighted by atomic mass is 10.0. The fraction of sp³-hybridized carbons (Fsp3) is 0.154. The van der Waals surface area contributed by atoms with Crippen molar-refractivity contribution in [2.75, 3.05) is 14.2 Å². The number of hydrogen-bond acceptors (Lipinski definition) is 6. The molecule has 0 radical (unpaired) electrons. The molecule has 1 aliphatic rings. The van der Waals surface area contributed by atoms with Gasteiger partial charge in [0.05, 0.1) is 25.3 Å². The minimum Gasteiger partial charge on any atom is -0.493 e. The fourth-order valence-electron chi connectivity index (χ4n) is 3.56. The predicted octanol–water partition coefficient (Wildman–Crippen LogP) is 5.16. The molecule has 3 aromatic rings. The lowest BCUT2D eigenvalue weighted by molar-refractivity contribution is 0.0734. The molecule has 4 rings (SSSR count). The molecule has 0 N–H and O–H groups in total. The average Bonchev–Trinajstić information content (AvgIpc) is 3.09. The number of methoxy groups -OCH3 is 2. The Balaban J connectivity index is 1.63. The number of allylic oxidation sites excluding steroid dienone is 1. The molecule has 3 aromatic carbocycles. The summed E-state index contributed by atoms with van der Waals surface area (Å²) < 4.78 is 22.1. The second-order valence-corrected chi connectivity index (χ2v) is 7.39. The first-order valence-electron chi connectivity index (χ1n) is 10.00. The first-order valence-corrected chi connectivity index (χ1v) is 10.00. The predicted molar refractivity (Wildman–Crippen MR) is 120 cm³/mol. The standard InChI is InChI=1S/C26H22O6/c1-15-8-10-17(11-9-15)26(28)31-19-12-16(2)23-21(14-19)32-22(24(23)27)13-18-6-5-7-20(29-3)25(18)30-4/h5-14H,1-4H3/b22-13-. The van der Waals surface area contributed by atoms with Crippen molar-refractivity contribution in [3.05, 3.63) is 88.2 Å². The maximum absolute atomic E-state index is 13.0. The third kappa shape index (κ3) is 3.95. The molecule has 0 fully saturated rings. The van der Waals surface area contributed by atoms with Crippen molar-refractivity contribution in [3.63, 3.8) is 0 Å². The van der Waals surface area contributed by atoms with Crippen LogP contribution in [0.3, 0.4) is 0 Å². The van der Waals surface area contributed by atoms with E-state index >= 15 is 0 Å². The number of aryl methyl sites for hydroxylation is 2.